The number of ether oxygens (including phenoxy) is 3. The lowest BCUT2D eigenvalue weighted by molar-refractivity contribution is -0.383. The van der Waals surface area contributed by atoms with E-state index in [1.807, 2.05) is 0 Å². The fourth-order valence-electron chi connectivity index (χ4n) is 2.88. The lowest BCUT2D eigenvalue weighted by Crippen LogP contribution is -2.10. The number of carbonyl (C=O) groups excluding carboxylic acids is 1. The molecule has 0 radical (unpaired) electrons. The zero-order chi connectivity index (χ0) is 23.1. The van der Waals surface area contributed by atoms with Crippen molar-refractivity contribution in [1.82, 2.24) is 9.97 Å². The molecule has 3 rings (SSSR count). The lowest BCUT2D eigenvalue weighted by Gasteiger charge is -2.14. The quantitative estimate of drug-likeness (QED) is 0.285. The van der Waals surface area contributed by atoms with Crippen LogP contribution in [-0.2, 0) is 4.74 Å². The summed E-state index contributed by atoms with van der Waals surface area (Å²) in [6.45, 7) is 1.88. The van der Waals surface area contributed by atoms with E-state index in [1.54, 1.807) is 49.4 Å². The molecule has 2 aromatic carbocycles. The molecule has 2 N–H and O–H groups in total. The highest BCUT2D eigenvalue weighted by Gasteiger charge is 2.25. The van der Waals surface area contributed by atoms with Crippen molar-refractivity contribution in [3.05, 3.63) is 64.5 Å². The molecular formula is C21H21N5O6. The Labute approximate surface area is 183 Å². The van der Waals surface area contributed by atoms with Gasteiger partial charge in [-0.25, -0.2) is 14.8 Å². The van der Waals surface area contributed by atoms with Crippen LogP contribution in [0.1, 0.15) is 17.3 Å². The van der Waals surface area contributed by atoms with Gasteiger partial charge in [0.25, 0.3) is 0 Å². The summed E-state index contributed by atoms with van der Waals surface area (Å²) < 4.78 is 15.6. The third-order valence-electron chi connectivity index (χ3n) is 4.34. The minimum Gasteiger partial charge on any atom is -0.497 e. The Balaban J connectivity index is 2.02. The highest BCUT2D eigenvalue weighted by molar-refractivity contribution is 5.97. The molecule has 0 bridgehead atoms. The molecule has 3 aromatic rings. The molecule has 11 heteroatoms. The van der Waals surface area contributed by atoms with Crippen LogP contribution in [0.4, 0.5) is 28.7 Å². The predicted molar refractivity (Wildman–Crippen MR) is 117 cm³/mol. The minimum absolute atomic E-state index is 0.0762. The van der Waals surface area contributed by atoms with Gasteiger partial charge in [-0.3, -0.25) is 10.1 Å². The Morgan fingerprint density at radius 1 is 1.03 bits per heavy atom. The molecule has 0 spiro atoms. The fraction of sp³-hybridized carbons (Fsp3) is 0.190. The number of hydrogen-bond donors (Lipinski definition) is 2. The standard InChI is InChI=1S/C21H21N5O6/c1-4-32-21(27)14-7-5-6-8-15(14)24-19-18(26(28)29)20(23-12-22-19)25-16-11-13(30-2)9-10-17(16)31-3/h5-12H,4H2,1-3H3,(H2,22,23,24,25). The summed E-state index contributed by atoms with van der Waals surface area (Å²) in [5, 5.41) is 17.7. The summed E-state index contributed by atoms with van der Waals surface area (Å²) in [4.78, 5) is 31.6. The van der Waals surface area contributed by atoms with Gasteiger partial charge >= 0.3 is 11.7 Å². The van der Waals surface area contributed by atoms with Gasteiger partial charge in [-0.05, 0) is 31.2 Å². The van der Waals surface area contributed by atoms with Gasteiger partial charge in [0.05, 0.1) is 42.7 Å². The van der Waals surface area contributed by atoms with E-state index in [2.05, 4.69) is 20.6 Å². The number of nitrogens with zero attached hydrogens (tertiary/aromatic N) is 3. The van der Waals surface area contributed by atoms with Crippen LogP contribution >= 0.6 is 0 Å². The molecule has 1 heterocycles. The Morgan fingerprint density at radius 2 is 1.72 bits per heavy atom. The van der Waals surface area contributed by atoms with Crippen LogP contribution < -0.4 is 20.1 Å². The topological polar surface area (TPSA) is 138 Å². The number of nitrogens with one attached hydrogen (secondary N) is 2. The molecule has 11 nitrogen and oxygen atoms in total. The van der Waals surface area contributed by atoms with Gasteiger partial charge in [-0.1, -0.05) is 12.1 Å². The van der Waals surface area contributed by atoms with E-state index in [1.165, 1.54) is 14.2 Å². The molecule has 0 saturated heterocycles. The first-order valence-corrected chi connectivity index (χ1v) is 9.50. The molecule has 0 aliphatic rings. The number of esters is 1. The number of para-hydroxylation sites is 1. The maximum absolute atomic E-state index is 12.2. The van der Waals surface area contributed by atoms with Crippen molar-refractivity contribution >= 4 is 34.7 Å². The Bertz CT molecular complexity index is 1140. The number of rotatable bonds is 9. The van der Waals surface area contributed by atoms with Crippen LogP contribution in [-0.4, -0.2) is 41.7 Å². The van der Waals surface area contributed by atoms with E-state index < -0.39 is 16.6 Å². The largest absolute Gasteiger partial charge is 0.497 e. The fourth-order valence-corrected chi connectivity index (χ4v) is 2.88. The van der Waals surface area contributed by atoms with E-state index in [0.29, 0.717) is 22.9 Å². The molecule has 0 saturated carbocycles. The number of carbonyl (C=O) groups is 1. The second kappa shape index (κ2) is 10.1. The molecule has 0 aliphatic carbocycles. The van der Waals surface area contributed by atoms with Gasteiger partial charge in [0, 0.05) is 6.07 Å². The summed E-state index contributed by atoms with van der Waals surface area (Å²) in [5.41, 5.74) is 0.506. The van der Waals surface area contributed by atoms with Gasteiger partial charge in [-0.2, -0.15) is 0 Å². The number of benzene rings is 2. The second-order valence-electron chi connectivity index (χ2n) is 6.26. The average Bonchev–Trinajstić information content (AvgIpc) is 2.79. The van der Waals surface area contributed by atoms with Crippen molar-refractivity contribution in [2.45, 2.75) is 6.92 Å². The number of aromatic nitrogens is 2. The van der Waals surface area contributed by atoms with Crippen LogP contribution in [0.2, 0.25) is 0 Å². The van der Waals surface area contributed by atoms with E-state index in [4.69, 9.17) is 14.2 Å². The van der Waals surface area contributed by atoms with Crippen LogP contribution in [0.5, 0.6) is 11.5 Å². The molecular weight excluding hydrogens is 418 g/mol. The maximum Gasteiger partial charge on any atom is 0.353 e. The highest BCUT2D eigenvalue weighted by atomic mass is 16.6. The molecule has 0 atom stereocenters. The number of hydrogen-bond acceptors (Lipinski definition) is 10. The first-order valence-electron chi connectivity index (χ1n) is 9.50. The number of methoxy groups -OCH3 is 2. The SMILES string of the molecule is CCOC(=O)c1ccccc1Nc1ncnc(Nc2cc(OC)ccc2OC)c1[N+](=O)[O-]. The summed E-state index contributed by atoms with van der Waals surface area (Å²) in [6.07, 6.45) is 1.16. The third kappa shape index (κ3) is 4.83. The maximum atomic E-state index is 12.2. The van der Waals surface area contributed by atoms with E-state index in [9.17, 15) is 14.9 Å². The van der Waals surface area contributed by atoms with Gasteiger partial charge in [-0.15, -0.1) is 0 Å². The van der Waals surface area contributed by atoms with Crippen molar-refractivity contribution in [2.75, 3.05) is 31.5 Å². The Kier molecular flexibility index (Phi) is 7.01. The first-order chi connectivity index (χ1) is 15.5. The third-order valence-corrected chi connectivity index (χ3v) is 4.34. The van der Waals surface area contributed by atoms with E-state index >= 15 is 0 Å². The average molecular weight is 439 g/mol. The van der Waals surface area contributed by atoms with Crippen molar-refractivity contribution in [3.8, 4) is 11.5 Å². The van der Waals surface area contributed by atoms with Crippen LogP contribution in [0.25, 0.3) is 0 Å². The molecule has 0 unspecified atom stereocenters. The van der Waals surface area contributed by atoms with Crippen molar-refractivity contribution < 1.29 is 23.9 Å². The normalized spacial score (nSPS) is 10.2. The summed E-state index contributed by atoms with van der Waals surface area (Å²) in [7, 11) is 2.97. The van der Waals surface area contributed by atoms with Crippen LogP contribution in [0, 0.1) is 10.1 Å². The predicted octanol–water partition coefficient (Wildman–Crippen LogP) is 4.07. The minimum atomic E-state index is -0.621. The zero-order valence-corrected chi connectivity index (χ0v) is 17.6. The van der Waals surface area contributed by atoms with Gasteiger partial charge < -0.3 is 24.8 Å². The molecule has 0 aliphatic heterocycles. The summed E-state index contributed by atoms with van der Waals surface area (Å²) in [6, 6.07) is 11.4. The van der Waals surface area contributed by atoms with Gasteiger partial charge in [0.1, 0.15) is 17.8 Å². The Hall–Kier alpha value is -4.41. The van der Waals surface area contributed by atoms with E-state index in [-0.39, 0.29) is 23.8 Å². The van der Waals surface area contributed by atoms with Gasteiger partial charge in [0.15, 0.2) is 0 Å². The zero-order valence-electron chi connectivity index (χ0n) is 17.6. The smallest absolute Gasteiger partial charge is 0.353 e. The van der Waals surface area contributed by atoms with E-state index in [0.717, 1.165) is 6.33 Å². The summed E-state index contributed by atoms with van der Waals surface area (Å²) in [5.74, 6) is 0.207. The number of anilines is 4. The molecule has 0 fully saturated rings. The highest BCUT2D eigenvalue weighted by Crippen LogP contribution is 2.37. The van der Waals surface area contributed by atoms with Crippen molar-refractivity contribution in [3.63, 3.8) is 0 Å². The van der Waals surface area contributed by atoms with Crippen LogP contribution in [0.15, 0.2) is 48.8 Å². The van der Waals surface area contributed by atoms with Crippen molar-refractivity contribution in [2.24, 2.45) is 0 Å². The second-order valence-corrected chi connectivity index (χ2v) is 6.26. The Morgan fingerprint density at radius 3 is 2.34 bits per heavy atom. The molecule has 32 heavy (non-hydrogen) atoms. The van der Waals surface area contributed by atoms with Crippen molar-refractivity contribution in [1.29, 1.82) is 0 Å². The molecule has 166 valence electrons. The molecule has 1 aromatic heterocycles. The first kappa shape index (κ1) is 22.3. The number of nitro groups is 1. The summed E-state index contributed by atoms with van der Waals surface area (Å²) >= 11 is 0. The van der Waals surface area contributed by atoms with Gasteiger partial charge in [0.2, 0.25) is 11.6 Å². The monoisotopic (exact) mass is 439 g/mol. The lowest BCUT2D eigenvalue weighted by atomic mass is 10.1. The molecule has 0 amide bonds. The van der Waals surface area contributed by atoms with Crippen LogP contribution in [0.3, 0.4) is 0 Å².